The average Bonchev–Trinajstić information content (AvgIpc) is 2.79. The maximum atomic E-state index is 12.5. The van der Waals surface area contributed by atoms with E-state index in [1.165, 1.54) is 11.1 Å². The minimum absolute atomic E-state index is 0.0576. The molecule has 2 aliphatic heterocycles. The second-order valence-corrected chi connectivity index (χ2v) is 5.35. The fourth-order valence-electron chi connectivity index (χ4n) is 2.29. The molecule has 1 aromatic carbocycles. The van der Waals surface area contributed by atoms with Crippen molar-refractivity contribution in [3.8, 4) is 0 Å². The first-order chi connectivity index (χ1) is 11.0. The van der Waals surface area contributed by atoms with E-state index in [0.717, 1.165) is 0 Å². The first kappa shape index (κ1) is 14.9. The first-order valence-corrected chi connectivity index (χ1v) is 7.11. The minimum atomic E-state index is -0.826. The van der Waals surface area contributed by atoms with Gasteiger partial charge in [-0.2, -0.15) is 0 Å². The Kier molecular flexibility index (Phi) is 3.67. The molecule has 2 fully saturated rings. The lowest BCUT2D eigenvalue weighted by Crippen LogP contribution is -2.51. The Labute approximate surface area is 137 Å². The van der Waals surface area contributed by atoms with Gasteiger partial charge in [0.2, 0.25) is 0 Å². The third kappa shape index (κ3) is 2.71. The molecule has 2 heterocycles. The third-order valence-electron chi connectivity index (χ3n) is 3.41. The number of hydrazine groups is 1. The van der Waals surface area contributed by atoms with E-state index in [1.807, 2.05) is 6.07 Å². The van der Waals surface area contributed by atoms with Crippen LogP contribution < -0.4 is 21.1 Å². The molecule has 7 nitrogen and oxygen atoms in total. The van der Waals surface area contributed by atoms with Gasteiger partial charge in [-0.15, -0.1) is 0 Å². The van der Waals surface area contributed by atoms with Crippen molar-refractivity contribution in [3.63, 3.8) is 0 Å². The SMILES string of the molecule is C=C1NN(c2ccccc2)C(=O)C1C=C1C(=O)NC(=S)NC1=O. The molecule has 23 heavy (non-hydrogen) atoms. The largest absolute Gasteiger partial charge is 0.299 e. The number of carbonyl (C=O) groups is 3. The summed E-state index contributed by atoms with van der Waals surface area (Å²) in [4.78, 5) is 36.3. The van der Waals surface area contributed by atoms with Gasteiger partial charge in [0.05, 0.1) is 5.69 Å². The van der Waals surface area contributed by atoms with Crippen molar-refractivity contribution in [2.24, 2.45) is 5.92 Å². The lowest BCUT2D eigenvalue weighted by molar-refractivity contribution is -0.123. The fourth-order valence-corrected chi connectivity index (χ4v) is 2.48. The lowest BCUT2D eigenvalue weighted by Gasteiger charge is -2.17. The summed E-state index contributed by atoms with van der Waals surface area (Å²) in [6, 6.07) is 8.93. The smallest absolute Gasteiger partial charge is 0.262 e. The molecule has 1 atom stereocenters. The molecule has 3 rings (SSSR count). The van der Waals surface area contributed by atoms with Crippen molar-refractivity contribution in [2.45, 2.75) is 0 Å². The van der Waals surface area contributed by atoms with Gasteiger partial charge in [0.25, 0.3) is 17.7 Å². The number of nitrogens with one attached hydrogen (secondary N) is 3. The van der Waals surface area contributed by atoms with E-state index in [1.54, 1.807) is 24.3 Å². The molecule has 0 saturated carbocycles. The van der Waals surface area contributed by atoms with Crippen molar-refractivity contribution in [2.75, 3.05) is 5.01 Å². The van der Waals surface area contributed by atoms with Crippen LogP contribution in [0.1, 0.15) is 0 Å². The number of amides is 3. The Morgan fingerprint density at radius 2 is 1.70 bits per heavy atom. The number of carbonyl (C=O) groups excluding carboxylic acids is 3. The number of para-hydroxylation sites is 1. The standard InChI is InChI=1S/C15H12N4O3S/c1-8-10(7-11-12(20)16-15(23)17-13(11)21)14(22)19(18-8)9-5-3-2-4-6-9/h2-7,10,18H,1H2,(H2,16,17,20,21,23). The monoisotopic (exact) mass is 328 g/mol. The summed E-state index contributed by atoms with van der Waals surface area (Å²) in [7, 11) is 0. The van der Waals surface area contributed by atoms with E-state index in [2.05, 4.69) is 22.6 Å². The quantitative estimate of drug-likeness (QED) is 0.408. The highest BCUT2D eigenvalue weighted by molar-refractivity contribution is 7.80. The number of benzene rings is 1. The molecule has 116 valence electrons. The molecule has 2 saturated heterocycles. The van der Waals surface area contributed by atoms with Gasteiger partial charge in [-0.1, -0.05) is 24.8 Å². The third-order valence-corrected chi connectivity index (χ3v) is 3.61. The van der Waals surface area contributed by atoms with Crippen LogP contribution in [0.25, 0.3) is 0 Å². The topological polar surface area (TPSA) is 90.5 Å². The summed E-state index contributed by atoms with van der Waals surface area (Å²) in [5.74, 6) is -2.44. The minimum Gasteiger partial charge on any atom is -0.299 e. The Morgan fingerprint density at radius 1 is 1.09 bits per heavy atom. The molecule has 3 N–H and O–H groups in total. The number of rotatable bonds is 2. The van der Waals surface area contributed by atoms with Crippen LogP contribution >= 0.6 is 12.2 Å². The zero-order valence-electron chi connectivity index (χ0n) is 11.8. The Balaban J connectivity index is 1.89. The molecule has 8 heteroatoms. The van der Waals surface area contributed by atoms with Gasteiger partial charge < -0.3 is 0 Å². The number of thiocarbonyl (C=S) groups is 1. The Morgan fingerprint density at radius 3 is 2.30 bits per heavy atom. The zero-order valence-corrected chi connectivity index (χ0v) is 12.6. The normalized spacial score (nSPS) is 21.0. The van der Waals surface area contributed by atoms with Crippen LogP contribution in [0, 0.1) is 5.92 Å². The first-order valence-electron chi connectivity index (χ1n) is 6.70. The van der Waals surface area contributed by atoms with Crippen LogP contribution in [-0.2, 0) is 14.4 Å². The summed E-state index contributed by atoms with van der Waals surface area (Å²) in [5.41, 5.74) is 3.69. The molecular weight excluding hydrogens is 316 g/mol. The highest BCUT2D eigenvalue weighted by Crippen LogP contribution is 2.26. The molecule has 1 unspecified atom stereocenters. The summed E-state index contributed by atoms with van der Waals surface area (Å²) in [6.45, 7) is 3.78. The van der Waals surface area contributed by atoms with E-state index in [9.17, 15) is 14.4 Å². The molecule has 0 spiro atoms. The molecular formula is C15H12N4O3S. The van der Waals surface area contributed by atoms with Gasteiger partial charge in [0.1, 0.15) is 11.5 Å². The van der Waals surface area contributed by atoms with Gasteiger partial charge in [0.15, 0.2) is 5.11 Å². The molecule has 1 aromatic rings. The van der Waals surface area contributed by atoms with Crippen molar-refractivity contribution in [1.82, 2.24) is 16.1 Å². The van der Waals surface area contributed by atoms with Crippen molar-refractivity contribution in [1.29, 1.82) is 0 Å². The van der Waals surface area contributed by atoms with E-state index in [0.29, 0.717) is 11.4 Å². The van der Waals surface area contributed by atoms with Crippen LogP contribution in [0.2, 0.25) is 0 Å². The molecule has 0 aromatic heterocycles. The summed E-state index contributed by atoms with van der Waals surface area (Å²) in [6.07, 6.45) is 1.28. The van der Waals surface area contributed by atoms with E-state index >= 15 is 0 Å². The van der Waals surface area contributed by atoms with Crippen LogP contribution in [-0.4, -0.2) is 22.8 Å². The van der Waals surface area contributed by atoms with Gasteiger partial charge in [0, 0.05) is 5.70 Å². The predicted octanol–water partition coefficient (Wildman–Crippen LogP) is 0.125. The maximum Gasteiger partial charge on any atom is 0.262 e. The molecule has 0 aliphatic carbocycles. The van der Waals surface area contributed by atoms with Crippen molar-refractivity contribution in [3.05, 3.63) is 54.3 Å². The molecule has 0 bridgehead atoms. The van der Waals surface area contributed by atoms with Gasteiger partial charge in [-0.3, -0.25) is 30.4 Å². The highest BCUT2D eigenvalue weighted by Gasteiger charge is 2.37. The summed E-state index contributed by atoms with van der Waals surface area (Å²) < 4.78 is 0. The fraction of sp³-hybridized carbons (Fsp3) is 0.0667. The van der Waals surface area contributed by atoms with Gasteiger partial charge in [-0.05, 0) is 30.4 Å². The van der Waals surface area contributed by atoms with Gasteiger partial charge >= 0.3 is 0 Å². The average molecular weight is 328 g/mol. The zero-order chi connectivity index (χ0) is 16.6. The molecule has 3 amide bonds. The molecule has 0 radical (unpaired) electrons. The Hall–Kier alpha value is -3.00. The number of nitrogens with zero attached hydrogens (tertiary/aromatic N) is 1. The Bertz CT molecular complexity index is 750. The second-order valence-electron chi connectivity index (χ2n) is 4.94. The summed E-state index contributed by atoms with van der Waals surface area (Å²) >= 11 is 4.73. The van der Waals surface area contributed by atoms with Gasteiger partial charge in [-0.25, -0.2) is 5.01 Å². The number of hydrogen-bond acceptors (Lipinski definition) is 5. The predicted molar refractivity (Wildman–Crippen MR) is 86.7 cm³/mol. The molecule has 2 aliphatic rings. The summed E-state index contributed by atoms with van der Waals surface area (Å²) in [5, 5.41) is 5.92. The second kappa shape index (κ2) is 5.65. The van der Waals surface area contributed by atoms with Crippen LogP contribution in [0.3, 0.4) is 0 Å². The lowest BCUT2D eigenvalue weighted by atomic mass is 10.0. The number of anilines is 1. The number of hydrogen-bond donors (Lipinski definition) is 3. The van der Waals surface area contributed by atoms with Crippen molar-refractivity contribution < 1.29 is 14.4 Å². The van der Waals surface area contributed by atoms with E-state index < -0.39 is 17.7 Å². The van der Waals surface area contributed by atoms with Crippen LogP contribution in [0.4, 0.5) is 5.69 Å². The van der Waals surface area contributed by atoms with Crippen LogP contribution in [0.5, 0.6) is 0 Å². The van der Waals surface area contributed by atoms with Crippen molar-refractivity contribution >= 4 is 40.7 Å². The van der Waals surface area contributed by atoms with E-state index in [-0.39, 0.29) is 16.6 Å². The maximum absolute atomic E-state index is 12.5. The van der Waals surface area contributed by atoms with Crippen LogP contribution in [0.15, 0.2) is 54.3 Å². The van der Waals surface area contributed by atoms with E-state index in [4.69, 9.17) is 12.2 Å². The highest BCUT2D eigenvalue weighted by atomic mass is 32.1.